The first kappa shape index (κ1) is 20.9. The van der Waals surface area contributed by atoms with Crippen molar-refractivity contribution in [3.05, 3.63) is 34.4 Å². The molecule has 0 saturated carbocycles. The van der Waals surface area contributed by atoms with Gasteiger partial charge in [0, 0.05) is 30.6 Å². The predicted octanol–water partition coefficient (Wildman–Crippen LogP) is 4.02. The normalized spacial score (nSPS) is 13.3. The van der Waals surface area contributed by atoms with Crippen molar-refractivity contribution >= 4 is 46.8 Å². The number of non-ortho nitro benzene ring substituents is 1. The molecule has 2 N–H and O–H groups in total. The third kappa shape index (κ3) is 6.37. The highest BCUT2D eigenvalue weighted by Gasteiger charge is 2.30. The molecule has 134 valence electrons. The molecule has 24 heavy (non-hydrogen) atoms. The van der Waals surface area contributed by atoms with Crippen LogP contribution in [0.4, 0.5) is 11.4 Å². The van der Waals surface area contributed by atoms with E-state index in [1.54, 1.807) is 26.1 Å². The highest BCUT2D eigenvalue weighted by molar-refractivity contribution is 8.55. The Morgan fingerprint density at radius 3 is 2.54 bits per heavy atom. The van der Waals surface area contributed by atoms with Gasteiger partial charge in [0.15, 0.2) is 5.11 Å². The maximum Gasteiger partial charge on any atom is 0.346 e. The summed E-state index contributed by atoms with van der Waals surface area (Å²) in [5.41, 5.74) is 3.39. The van der Waals surface area contributed by atoms with Gasteiger partial charge >= 0.3 is 6.72 Å². The lowest BCUT2D eigenvalue weighted by molar-refractivity contribution is -0.384. The molecule has 0 aliphatic rings. The fourth-order valence-electron chi connectivity index (χ4n) is 1.61. The second-order valence-corrected chi connectivity index (χ2v) is 9.64. The van der Waals surface area contributed by atoms with Gasteiger partial charge in [-0.3, -0.25) is 20.1 Å². The van der Waals surface area contributed by atoms with E-state index in [0.29, 0.717) is 18.0 Å². The molecule has 1 atom stereocenters. The Balaban J connectivity index is 2.67. The summed E-state index contributed by atoms with van der Waals surface area (Å²) in [6.45, 7) is 1.01. The molecule has 0 spiro atoms. The third-order valence-electron chi connectivity index (χ3n) is 2.72. The second-order valence-electron chi connectivity index (χ2n) is 4.61. The molecule has 0 aliphatic heterocycles. The molecular formula is C13H21N4O4PS2. The summed E-state index contributed by atoms with van der Waals surface area (Å²) in [5, 5.41) is 13.7. The van der Waals surface area contributed by atoms with Crippen LogP contribution in [0.15, 0.2) is 24.3 Å². The van der Waals surface area contributed by atoms with Crippen LogP contribution < -0.4 is 10.7 Å². The van der Waals surface area contributed by atoms with Gasteiger partial charge in [-0.05, 0) is 37.7 Å². The topological polar surface area (TPSA) is 96.7 Å². The van der Waals surface area contributed by atoms with Crippen LogP contribution in [0.5, 0.6) is 0 Å². The molecule has 1 unspecified atom stereocenters. The summed E-state index contributed by atoms with van der Waals surface area (Å²) < 4.78 is 19.6. The van der Waals surface area contributed by atoms with Crippen LogP contribution in [-0.2, 0) is 9.09 Å². The number of nitrogens with zero attached hydrogens (tertiary/aromatic N) is 2. The Morgan fingerprint density at radius 2 is 2.04 bits per heavy atom. The van der Waals surface area contributed by atoms with Crippen molar-refractivity contribution in [2.75, 3.05) is 24.7 Å². The van der Waals surface area contributed by atoms with E-state index in [2.05, 4.69) is 10.7 Å². The Labute approximate surface area is 150 Å². The molecule has 0 aromatic heterocycles. The number of hydrazine groups is 1. The number of anilines is 1. The van der Waals surface area contributed by atoms with Crippen LogP contribution in [0.1, 0.15) is 20.3 Å². The molecule has 1 aromatic rings. The Morgan fingerprint density at radius 1 is 1.42 bits per heavy atom. The van der Waals surface area contributed by atoms with Crippen molar-refractivity contribution in [1.29, 1.82) is 0 Å². The van der Waals surface area contributed by atoms with Crippen molar-refractivity contribution in [3.8, 4) is 0 Å². The van der Waals surface area contributed by atoms with E-state index < -0.39 is 11.6 Å². The van der Waals surface area contributed by atoms with Gasteiger partial charge in [-0.1, -0.05) is 18.3 Å². The summed E-state index contributed by atoms with van der Waals surface area (Å²) >= 11 is 6.42. The largest absolute Gasteiger partial charge is 0.346 e. The molecule has 0 heterocycles. The van der Waals surface area contributed by atoms with Gasteiger partial charge in [-0.25, -0.2) is 0 Å². The van der Waals surface area contributed by atoms with Gasteiger partial charge in [-0.15, -0.1) is 4.78 Å². The van der Waals surface area contributed by atoms with Crippen LogP contribution in [0.3, 0.4) is 0 Å². The van der Waals surface area contributed by atoms with Crippen LogP contribution in [0.2, 0.25) is 0 Å². The van der Waals surface area contributed by atoms with E-state index in [0.717, 1.165) is 6.42 Å². The van der Waals surface area contributed by atoms with Crippen molar-refractivity contribution < 1.29 is 14.0 Å². The van der Waals surface area contributed by atoms with E-state index in [-0.39, 0.29) is 10.8 Å². The number of hydrogen-bond donors (Lipinski definition) is 2. The summed E-state index contributed by atoms with van der Waals surface area (Å²) in [6, 6.07) is 5.83. The molecule has 11 heteroatoms. The number of nitrogens with one attached hydrogen (secondary N) is 2. The summed E-state index contributed by atoms with van der Waals surface area (Å²) in [4.78, 5) is 10.2. The maximum atomic E-state index is 12.8. The number of benzene rings is 1. The Hall–Kier alpha value is -1.19. The zero-order valence-electron chi connectivity index (χ0n) is 13.7. The van der Waals surface area contributed by atoms with E-state index in [4.69, 9.17) is 16.7 Å². The molecule has 0 amide bonds. The van der Waals surface area contributed by atoms with Gasteiger partial charge in [-0.2, -0.15) is 0 Å². The van der Waals surface area contributed by atoms with Crippen LogP contribution in [0, 0.1) is 10.1 Å². The molecule has 1 rings (SSSR count). The van der Waals surface area contributed by atoms with Crippen LogP contribution in [-0.4, -0.2) is 34.2 Å². The predicted molar refractivity (Wildman–Crippen MR) is 102 cm³/mol. The average Bonchev–Trinajstić information content (AvgIpc) is 2.53. The quantitative estimate of drug-likeness (QED) is 0.279. The van der Waals surface area contributed by atoms with Gasteiger partial charge in [0.1, 0.15) is 0 Å². The summed E-state index contributed by atoms with van der Waals surface area (Å²) in [6.07, 6.45) is 0.876. The van der Waals surface area contributed by atoms with E-state index in [9.17, 15) is 14.7 Å². The van der Waals surface area contributed by atoms with E-state index >= 15 is 0 Å². The fourth-order valence-corrected chi connectivity index (χ4v) is 5.74. The molecule has 0 fully saturated rings. The van der Waals surface area contributed by atoms with Gasteiger partial charge < -0.3 is 9.84 Å². The van der Waals surface area contributed by atoms with E-state index in [1.165, 1.54) is 28.3 Å². The standard InChI is InChI=1S/C13H21N4O4PS2/c1-4-10-24-22(20,21-5-2)16(3)15-13(23)14-11-6-8-12(9-7-11)17(18)19/h6-9H,4-5,10H2,1-3H3,(H2,14,15,23). The van der Waals surface area contributed by atoms with Crippen LogP contribution >= 0.6 is 30.3 Å². The highest BCUT2D eigenvalue weighted by atomic mass is 32.7. The molecule has 0 saturated heterocycles. The zero-order valence-corrected chi connectivity index (χ0v) is 16.2. The Kier molecular flexibility index (Phi) is 8.65. The summed E-state index contributed by atoms with van der Waals surface area (Å²) in [5.74, 6) is 0.700. The monoisotopic (exact) mass is 392 g/mol. The molecule has 8 nitrogen and oxygen atoms in total. The Bertz CT molecular complexity index is 614. The molecule has 0 bridgehead atoms. The molecule has 0 aliphatic carbocycles. The fraction of sp³-hybridized carbons (Fsp3) is 0.462. The lowest BCUT2D eigenvalue weighted by Gasteiger charge is -2.27. The lowest BCUT2D eigenvalue weighted by Crippen LogP contribution is -2.39. The average molecular weight is 392 g/mol. The van der Waals surface area contributed by atoms with Crippen molar-refractivity contribution in [1.82, 2.24) is 10.2 Å². The number of nitro benzene ring substituents is 1. The van der Waals surface area contributed by atoms with Crippen molar-refractivity contribution in [2.45, 2.75) is 20.3 Å². The van der Waals surface area contributed by atoms with Crippen LogP contribution in [0.25, 0.3) is 0 Å². The first-order chi connectivity index (χ1) is 11.3. The van der Waals surface area contributed by atoms with Gasteiger partial charge in [0.2, 0.25) is 0 Å². The maximum absolute atomic E-state index is 12.8. The molecule has 0 radical (unpaired) electrons. The summed E-state index contributed by atoms with van der Waals surface area (Å²) in [7, 11) is 1.60. The smallest absolute Gasteiger partial charge is 0.332 e. The minimum Gasteiger partial charge on any atom is -0.332 e. The zero-order chi connectivity index (χ0) is 18.2. The van der Waals surface area contributed by atoms with Crippen molar-refractivity contribution in [3.63, 3.8) is 0 Å². The first-order valence-electron chi connectivity index (χ1n) is 7.27. The molecular weight excluding hydrogens is 371 g/mol. The highest BCUT2D eigenvalue weighted by Crippen LogP contribution is 2.60. The number of thiocarbonyl (C=S) groups is 1. The number of rotatable bonds is 9. The van der Waals surface area contributed by atoms with Gasteiger partial charge in [0.25, 0.3) is 5.69 Å². The number of hydrogen-bond acceptors (Lipinski definition) is 6. The minimum absolute atomic E-state index is 0.00615. The van der Waals surface area contributed by atoms with Crippen molar-refractivity contribution in [2.24, 2.45) is 0 Å². The lowest BCUT2D eigenvalue weighted by atomic mass is 10.3. The minimum atomic E-state index is -3.08. The third-order valence-corrected chi connectivity index (χ3v) is 7.83. The first-order valence-corrected chi connectivity index (χ1v) is 10.9. The SMILES string of the molecule is CCCSP(=O)(OCC)N(C)NC(=S)Nc1ccc([N+](=O)[O-])cc1. The number of nitro groups is 1. The van der Waals surface area contributed by atoms with Gasteiger partial charge in [0.05, 0.1) is 11.5 Å². The second kappa shape index (κ2) is 9.95. The molecule has 1 aromatic carbocycles. The van der Waals surface area contributed by atoms with E-state index in [1.807, 2.05) is 6.92 Å².